The summed E-state index contributed by atoms with van der Waals surface area (Å²) < 4.78 is 35.7. The molecule has 2 fully saturated rings. The Morgan fingerprint density at radius 1 is 1.29 bits per heavy atom. The SMILES string of the molecule is CO[C@@H]1CS(=O)(=O)[C@H]2CN(Cc3cnc(-c4ccccc4)o3)C[C@@H]12. The quantitative estimate of drug-likeness (QED) is 0.835. The zero-order valence-electron chi connectivity index (χ0n) is 13.5. The highest BCUT2D eigenvalue weighted by molar-refractivity contribution is 7.92. The van der Waals surface area contributed by atoms with Crippen molar-refractivity contribution in [3.8, 4) is 11.5 Å². The third-order valence-corrected chi connectivity index (χ3v) is 7.19. The van der Waals surface area contributed by atoms with Gasteiger partial charge in [0.1, 0.15) is 5.76 Å². The molecule has 0 unspecified atom stereocenters. The van der Waals surface area contributed by atoms with Crippen molar-refractivity contribution in [2.75, 3.05) is 26.0 Å². The average Bonchev–Trinajstić information content (AvgIpc) is 3.26. The number of hydrogen-bond donors (Lipinski definition) is 0. The molecule has 7 heteroatoms. The molecule has 3 atom stereocenters. The Bertz CT molecular complexity index is 818. The molecule has 6 nitrogen and oxygen atoms in total. The Morgan fingerprint density at radius 2 is 2.08 bits per heavy atom. The van der Waals surface area contributed by atoms with E-state index in [1.54, 1.807) is 13.3 Å². The van der Waals surface area contributed by atoms with Crippen LogP contribution in [0.4, 0.5) is 0 Å². The zero-order chi connectivity index (χ0) is 16.7. The van der Waals surface area contributed by atoms with Gasteiger partial charge in [0.05, 0.1) is 29.8 Å². The number of oxazole rings is 1. The van der Waals surface area contributed by atoms with Crippen LogP contribution in [-0.4, -0.2) is 55.6 Å². The van der Waals surface area contributed by atoms with Crippen LogP contribution in [0.25, 0.3) is 11.5 Å². The van der Waals surface area contributed by atoms with E-state index in [4.69, 9.17) is 9.15 Å². The highest BCUT2D eigenvalue weighted by atomic mass is 32.2. The highest BCUT2D eigenvalue weighted by Gasteiger charge is 2.52. The number of aromatic nitrogens is 1. The standard InChI is InChI=1S/C17H20N2O4S/c1-22-15-11-24(20,21)16-10-19(9-14(15)16)8-13-7-18-17(23-13)12-5-3-2-4-6-12/h2-7,14-16H,8-11H2,1H3/t14-,15+,16-/m0/s1. The minimum absolute atomic E-state index is 0.0523. The lowest BCUT2D eigenvalue weighted by Crippen LogP contribution is -2.28. The summed E-state index contributed by atoms with van der Waals surface area (Å²) >= 11 is 0. The highest BCUT2D eigenvalue weighted by Crippen LogP contribution is 2.36. The van der Waals surface area contributed by atoms with Gasteiger partial charge < -0.3 is 9.15 Å². The fraction of sp³-hybridized carbons (Fsp3) is 0.471. The fourth-order valence-corrected chi connectivity index (χ4v) is 6.10. The van der Waals surface area contributed by atoms with E-state index in [0.717, 1.165) is 11.3 Å². The van der Waals surface area contributed by atoms with Crippen LogP contribution in [0, 0.1) is 5.92 Å². The molecule has 0 radical (unpaired) electrons. The van der Waals surface area contributed by atoms with Crippen molar-refractivity contribution in [1.29, 1.82) is 0 Å². The topological polar surface area (TPSA) is 72.6 Å². The molecule has 0 amide bonds. The number of nitrogens with zero attached hydrogens (tertiary/aromatic N) is 2. The summed E-state index contributed by atoms with van der Waals surface area (Å²) in [7, 11) is -1.47. The van der Waals surface area contributed by atoms with Crippen LogP contribution >= 0.6 is 0 Å². The van der Waals surface area contributed by atoms with Gasteiger partial charge in [-0.3, -0.25) is 4.90 Å². The second kappa shape index (κ2) is 5.98. The van der Waals surface area contributed by atoms with E-state index in [9.17, 15) is 8.42 Å². The van der Waals surface area contributed by atoms with E-state index in [1.807, 2.05) is 30.3 Å². The van der Waals surface area contributed by atoms with E-state index in [-0.39, 0.29) is 23.0 Å². The van der Waals surface area contributed by atoms with Crippen LogP contribution in [-0.2, 0) is 21.1 Å². The molecule has 0 spiro atoms. The van der Waals surface area contributed by atoms with Gasteiger partial charge in [-0.15, -0.1) is 0 Å². The van der Waals surface area contributed by atoms with Crippen molar-refractivity contribution in [3.63, 3.8) is 0 Å². The van der Waals surface area contributed by atoms with Gasteiger partial charge in [-0.25, -0.2) is 13.4 Å². The minimum atomic E-state index is -3.06. The Labute approximate surface area is 141 Å². The second-order valence-corrected chi connectivity index (χ2v) is 8.76. The Balaban J connectivity index is 1.47. The molecule has 0 saturated carbocycles. The van der Waals surface area contributed by atoms with E-state index in [0.29, 0.717) is 25.5 Å². The number of rotatable bonds is 4. The van der Waals surface area contributed by atoms with Crippen molar-refractivity contribution in [2.45, 2.75) is 17.9 Å². The summed E-state index contributed by atoms with van der Waals surface area (Å²) in [6.45, 7) is 1.82. The van der Waals surface area contributed by atoms with Gasteiger partial charge in [0, 0.05) is 31.7 Å². The van der Waals surface area contributed by atoms with Crippen LogP contribution in [0.1, 0.15) is 5.76 Å². The van der Waals surface area contributed by atoms with Crippen LogP contribution < -0.4 is 0 Å². The number of likely N-dealkylation sites (tertiary alicyclic amines) is 1. The molecular formula is C17H20N2O4S. The average molecular weight is 348 g/mol. The first kappa shape index (κ1) is 15.8. The molecule has 2 aliphatic rings. The maximum atomic E-state index is 12.3. The van der Waals surface area contributed by atoms with Gasteiger partial charge in [0.25, 0.3) is 0 Å². The van der Waals surface area contributed by atoms with Gasteiger partial charge in [-0.1, -0.05) is 18.2 Å². The zero-order valence-corrected chi connectivity index (χ0v) is 14.3. The summed E-state index contributed by atoms with van der Waals surface area (Å²) in [6, 6.07) is 9.73. The first-order valence-corrected chi connectivity index (χ1v) is 9.75. The van der Waals surface area contributed by atoms with Gasteiger partial charge in [-0.2, -0.15) is 0 Å². The van der Waals surface area contributed by atoms with Crippen molar-refractivity contribution in [1.82, 2.24) is 9.88 Å². The molecule has 0 bridgehead atoms. The van der Waals surface area contributed by atoms with Crippen LogP contribution in [0.15, 0.2) is 40.9 Å². The second-order valence-electron chi connectivity index (χ2n) is 6.50. The Hall–Kier alpha value is -1.70. The number of ether oxygens (including phenoxy) is 1. The van der Waals surface area contributed by atoms with Gasteiger partial charge >= 0.3 is 0 Å². The Morgan fingerprint density at radius 3 is 2.83 bits per heavy atom. The van der Waals surface area contributed by atoms with Crippen molar-refractivity contribution >= 4 is 9.84 Å². The first-order valence-electron chi connectivity index (χ1n) is 8.03. The van der Waals surface area contributed by atoms with Crippen molar-refractivity contribution < 1.29 is 17.6 Å². The van der Waals surface area contributed by atoms with E-state index in [1.165, 1.54) is 0 Å². The molecule has 1 aromatic heterocycles. The maximum Gasteiger partial charge on any atom is 0.226 e. The minimum Gasteiger partial charge on any atom is -0.440 e. The van der Waals surface area contributed by atoms with Gasteiger partial charge in [0.2, 0.25) is 5.89 Å². The molecule has 2 saturated heterocycles. The molecule has 0 N–H and O–H groups in total. The lowest BCUT2D eigenvalue weighted by atomic mass is 10.0. The van der Waals surface area contributed by atoms with Gasteiger partial charge in [0.15, 0.2) is 9.84 Å². The van der Waals surface area contributed by atoms with E-state index < -0.39 is 9.84 Å². The number of hydrogen-bond acceptors (Lipinski definition) is 6. The molecule has 2 aromatic rings. The fourth-order valence-electron chi connectivity index (χ4n) is 3.78. The summed E-state index contributed by atoms with van der Waals surface area (Å²) in [5.41, 5.74) is 0.934. The normalized spacial score (nSPS) is 29.0. The number of sulfone groups is 1. The van der Waals surface area contributed by atoms with Crippen molar-refractivity contribution in [3.05, 3.63) is 42.3 Å². The summed E-state index contributed by atoms with van der Waals surface area (Å²) in [6.07, 6.45) is 1.53. The molecule has 3 heterocycles. The summed E-state index contributed by atoms with van der Waals surface area (Å²) in [5, 5.41) is -0.320. The van der Waals surface area contributed by atoms with Crippen LogP contribution in [0.2, 0.25) is 0 Å². The molecule has 1 aromatic carbocycles. The van der Waals surface area contributed by atoms with Crippen molar-refractivity contribution in [2.24, 2.45) is 5.92 Å². The lowest BCUT2D eigenvalue weighted by Gasteiger charge is -2.17. The molecule has 128 valence electrons. The van der Waals surface area contributed by atoms with Gasteiger partial charge in [-0.05, 0) is 12.1 Å². The number of benzene rings is 1. The number of fused-ring (bicyclic) bond motifs is 1. The largest absolute Gasteiger partial charge is 0.440 e. The molecule has 2 aliphatic heterocycles. The third kappa shape index (κ3) is 2.76. The van der Waals surface area contributed by atoms with E-state index in [2.05, 4.69) is 9.88 Å². The molecular weight excluding hydrogens is 328 g/mol. The summed E-state index contributed by atoms with van der Waals surface area (Å²) in [5.74, 6) is 1.54. The van der Waals surface area contributed by atoms with E-state index >= 15 is 0 Å². The maximum absolute atomic E-state index is 12.3. The lowest BCUT2D eigenvalue weighted by molar-refractivity contribution is 0.0798. The smallest absolute Gasteiger partial charge is 0.226 e. The monoisotopic (exact) mass is 348 g/mol. The third-order valence-electron chi connectivity index (χ3n) is 4.98. The summed E-state index contributed by atoms with van der Waals surface area (Å²) in [4.78, 5) is 6.44. The molecule has 4 rings (SSSR count). The van der Waals surface area contributed by atoms with Crippen LogP contribution in [0.5, 0.6) is 0 Å². The number of methoxy groups -OCH3 is 1. The Kier molecular flexibility index (Phi) is 3.94. The first-order chi connectivity index (χ1) is 11.6. The predicted molar refractivity (Wildman–Crippen MR) is 89.1 cm³/mol. The molecule has 24 heavy (non-hydrogen) atoms. The molecule has 0 aliphatic carbocycles. The van der Waals surface area contributed by atoms with Crippen LogP contribution in [0.3, 0.4) is 0 Å². The predicted octanol–water partition coefficient (Wildman–Crippen LogP) is 1.59.